The third kappa shape index (κ3) is 2.44. The third-order valence-corrected chi connectivity index (χ3v) is 4.22. The highest BCUT2D eigenvalue weighted by Crippen LogP contribution is 2.29. The molecule has 90 valence electrons. The zero-order valence-electron chi connectivity index (χ0n) is 10.4. The van der Waals surface area contributed by atoms with Gasteiger partial charge in [-0.1, -0.05) is 0 Å². The number of likely N-dealkylation sites (tertiary alicyclic amines) is 1. The first-order valence-electron chi connectivity index (χ1n) is 6.04. The van der Waals surface area contributed by atoms with Crippen molar-refractivity contribution in [2.24, 2.45) is 0 Å². The second-order valence-corrected chi connectivity index (χ2v) is 5.62. The quantitative estimate of drug-likeness (QED) is 0.873. The fourth-order valence-corrected chi connectivity index (χ4v) is 3.26. The summed E-state index contributed by atoms with van der Waals surface area (Å²) >= 11 is 1.75. The lowest BCUT2D eigenvalue weighted by atomic mass is 10.1. The van der Waals surface area contributed by atoms with Crippen molar-refractivity contribution >= 4 is 11.3 Å². The van der Waals surface area contributed by atoms with Gasteiger partial charge in [-0.3, -0.25) is 4.90 Å². The van der Waals surface area contributed by atoms with E-state index in [9.17, 15) is 0 Å². The van der Waals surface area contributed by atoms with E-state index in [-0.39, 0.29) is 0 Å². The normalized spacial score (nSPS) is 23.8. The summed E-state index contributed by atoms with van der Waals surface area (Å²) in [6, 6.07) is 1.15. The Morgan fingerprint density at radius 1 is 1.69 bits per heavy atom. The van der Waals surface area contributed by atoms with Gasteiger partial charge in [-0.05, 0) is 40.3 Å². The molecule has 1 aromatic rings. The molecule has 1 aliphatic heterocycles. The molecular weight excluding hydrogens is 218 g/mol. The number of rotatable bonds is 4. The maximum Gasteiger partial charge on any atom is 0.0898 e. The van der Waals surface area contributed by atoms with Gasteiger partial charge in [-0.2, -0.15) is 0 Å². The van der Waals surface area contributed by atoms with Crippen molar-refractivity contribution in [1.29, 1.82) is 0 Å². The van der Waals surface area contributed by atoms with E-state index in [0.717, 1.165) is 6.54 Å². The van der Waals surface area contributed by atoms with Gasteiger partial charge in [0.05, 0.1) is 16.7 Å². The van der Waals surface area contributed by atoms with Crippen molar-refractivity contribution < 1.29 is 0 Å². The number of thiazole rings is 1. The number of hydrogen-bond donors (Lipinski definition) is 1. The van der Waals surface area contributed by atoms with E-state index in [1.54, 1.807) is 11.3 Å². The fraction of sp³-hybridized carbons (Fsp3) is 0.750. The molecule has 2 rings (SSSR count). The van der Waals surface area contributed by atoms with Gasteiger partial charge in [0.25, 0.3) is 0 Å². The molecule has 2 heterocycles. The van der Waals surface area contributed by atoms with Gasteiger partial charge in [-0.15, -0.1) is 11.3 Å². The van der Waals surface area contributed by atoms with Crippen molar-refractivity contribution in [3.8, 4) is 0 Å². The number of nitrogens with one attached hydrogen (secondary N) is 1. The Bertz CT molecular complexity index is 337. The van der Waals surface area contributed by atoms with E-state index in [1.165, 1.54) is 30.1 Å². The predicted molar refractivity (Wildman–Crippen MR) is 68.9 cm³/mol. The number of aromatic nitrogens is 1. The van der Waals surface area contributed by atoms with Crippen molar-refractivity contribution in [3.05, 3.63) is 16.1 Å². The van der Waals surface area contributed by atoms with Gasteiger partial charge in [0.15, 0.2) is 0 Å². The molecule has 0 aliphatic carbocycles. The highest BCUT2D eigenvalue weighted by Gasteiger charge is 2.29. The van der Waals surface area contributed by atoms with Gasteiger partial charge in [0, 0.05) is 18.0 Å². The molecule has 3 nitrogen and oxygen atoms in total. The van der Waals surface area contributed by atoms with E-state index in [2.05, 4.69) is 34.4 Å². The minimum absolute atomic E-state index is 0.464. The Balaban J connectivity index is 2.05. The Kier molecular flexibility index (Phi) is 3.95. The number of hydrogen-bond acceptors (Lipinski definition) is 4. The minimum Gasteiger partial charge on any atom is -0.318 e. The van der Waals surface area contributed by atoms with Crippen LogP contribution in [0.25, 0.3) is 0 Å². The molecule has 2 unspecified atom stereocenters. The van der Waals surface area contributed by atoms with Crippen LogP contribution in [0.5, 0.6) is 0 Å². The molecule has 0 spiro atoms. The summed E-state index contributed by atoms with van der Waals surface area (Å²) in [6.07, 6.45) is 2.63. The molecular formula is C12H21N3S. The Morgan fingerprint density at radius 3 is 3.12 bits per heavy atom. The van der Waals surface area contributed by atoms with E-state index in [4.69, 9.17) is 0 Å². The maximum absolute atomic E-state index is 4.61. The van der Waals surface area contributed by atoms with Crippen LogP contribution in [0.2, 0.25) is 0 Å². The fourth-order valence-electron chi connectivity index (χ4n) is 2.56. The molecule has 4 heteroatoms. The molecule has 0 aromatic carbocycles. The van der Waals surface area contributed by atoms with Gasteiger partial charge in [-0.25, -0.2) is 4.98 Å². The van der Waals surface area contributed by atoms with Crippen LogP contribution in [-0.2, 0) is 0 Å². The summed E-state index contributed by atoms with van der Waals surface area (Å²) < 4.78 is 0. The lowest BCUT2D eigenvalue weighted by Crippen LogP contribution is -2.38. The first-order valence-corrected chi connectivity index (χ1v) is 6.92. The van der Waals surface area contributed by atoms with Gasteiger partial charge in [0.1, 0.15) is 0 Å². The first-order chi connectivity index (χ1) is 7.72. The Morgan fingerprint density at radius 2 is 2.50 bits per heavy atom. The average Bonchev–Trinajstić information content (AvgIpc) is 2.87. The molecule has 1 aliphatic rings. The Hall–Kier alpha value is -0.450. The van der Waals surface area contributed by atoms with Crippen molar-refractivity contribution in [2.75, 3.05) is 20.1 Å². The largest absolute Gasteiger partial charge is 0.318 e. The molecule has 0 radical (unpaired) electrons. The van der Waals surface area contributed by atoms with Gasteiger partial charge < -0.3 is 5.32 Å². The van der Waals surface area contributed by atoms with Crippen LogP contribution >= 0.6 is 11.3 Å². The summed E-state index contributed by atoms with van der Waals surface area (Å²) in [5, 5.41) is 6.67. The van der Waals surface area contributed by atoms with E-state index in [0.29, 0.717) is 12.1 Å². The van der Waals surface area contributed by atoms with Crippen molar-refractivity contribution in [2.45, 2.75) is 38.8 Å². The zero-order chi connectivity index (χ0) is 11.5. The first kappa shape index (κ1) is 12.0. The third-order valence-electron chi connectivity index (χ3n) is 3.42. The monoisotopic (exact) mass is 239 g/mol. The standard InChI is InChI=1S/C12H21N3S/c1-9(12-8-16-10(2)14-12)15-6-4-5-11(15)7-13-3/h8-9,11,13H,4-7H2,1-3H3. The minimum atomic E-state index is 0.464. The molecule has 0 saturated carbocycles. The molecule has 1 fully saturated rings. The lowest BCUT2D eigenvalue weighted by Gasteiger charge is -2.29. The van der Waals surface area contributed by atoms with Crippen LogP contribution in [0.3, 0.4) is 0 Å². The number of likely N-dealkylation sites (N-methyl/N-ethyl adjacent to an activating group) is 1. The van der Waals surface area contributed by atoms with Crippen LogP contribution in [-0.4, -0.2) is 36.1 Å². The SMILES string of the molecule is CNCC1CCCN1C(C)c1csc(C)n1. The highest BCUT2D eigenvalue weighted by molar-refractivity contribution is 7.09. The summed E-state index contributed by atoms with van der Waals surface area (Å²) in [7, 11) is 2.04. The average molecular weight is 239 g/mol. The van der Waals surface area contributed by atoms with E-state index >= 15 is 0 Å². The summed E-state index contributed by atoms with van der Waals surface area (Å²) in [5.74, 6) is 0. The number of nitrogens with zero attached hydrogens (tertiary/aromatic N) is 2. The van der Waals surface area contributed by atoms with Gasteiger partial charge >= 0.3 is 0 Å². The maximum atomic E-state index is 4.61. The second-order valence-electron chi connectivity index (χ2n) is 4.56. The molecule has 1 saturated heterocycles. The van der Waals surface area contributed by atoms with Crippen LogP contribution in [0.15, 0.2) is 5.38 Å². The van der Waals surface area contributed by atoms with E-state index < -0.39 is 0 Å². The molecule has 0 bridgehead atoms. The molecule has 16 heavy (non-hydrogen) atoms. The van der Waals surface area contributed by atoms with E-state index in [1.807, 2.05) is 7.05 Å². The predicted octanol–water partition coefficient (Wildman–Crippen LogP) is 2.20. The summed E-state index contributed by atoms with van der Waals surface area (Å²) in [5.41, 5.74) is 1.24. The van der Waals surface area contributed by atoms with Crippen molar-refractivity contribution in [3.63, 3.8) is 0 Å². The lowest BCUT2D eigenvalue weighted by molar-refractivity contribution is 0.188. The van der Waals surface area contributed by atoms with Crippen LogP contribution in [0, 0.1) is 6.92 Å². The molecule has 1 N–H and O–H groups in total. The molecule has 2 atom stereocenters. The topological polar surface area (TPSA) is 28.2 Å². The summed E-state index contributed by atoms with van der Waals surface area (Å²) in [6.45, 7) is 6.66. The second kappa shape index (κ2) is 5.25. The molecule has 1 aromatic heterocycles. The van der Waals surface area contributed by atoms with Crippen LogP contribution < -0.4 is 5.32 Å². The van der Waals surface area contributed by atoms with Crippen LogP contribution in [0.1, 0.15) is 36.5 Å². The zero-order valence-corrected chi connectivity index (χ0v) is 11.2. The Labute approximate surface area is 102 Å². The summed E-state index contributed by atoms with van der Waals surface area (Å²) in [4.78, 5) is 7.19. The van der Waals surface area contributed by atoms with Crippen molar-refractivity contribution in [1.82, 2.24) is 15.2 Å². The van der Waals surface area contributed by atoms with Gasteiger partial charge in [0.2, 0.25) is 0 Å². The number of aryl methyl sites for hydroxylation is 1. The van der Waals surface area contributed by atoms with Crippen LogP contribution in [0.4, 0.5) is 0 Å². The highest BCUT2D eigenvalue weighted by atomic mass is 32.1. The molecule has 0 amide bonds. The smallest absolute Gasteiger partial charge is 0.0898 e.